The third kappa shape index (κ3) is 4.95. The van der Waals surface area contributed by atoms with Crippen LogP contribution in [0.2, 0.25) is 5.02 Å². The lowest BCUT2D eigenvalue weighted by molar-refractivity contribution is -0.384. The lowest BCUT2D eigenvalue weighted by Crippen LogP contribution is -2.25. The van der Waals surface area contributed by atoms with Crippen molar-refractivity contribution in [1.82, 2.24) is 9.78 Å². The van der Waals surface area contributed by atoms with Gasteiger partial charge >= 0.3 is 0 Å². The predicted octanol–water partition coefficient (Wildman–Crippen LogP) is 5.06. The standard InChI is InChI=1S/C21H21ClN4O5/c1-12-20(22)13(2)25(24-12)14(3)21(27)23-15-9-16(26(28)29)11-19(10-15)31-18-7-5-17(30-4)6-8-18/h5-11,14H,1-4H3,(H,23,27)/t14-/m0/s1. The highest BCUT2D eigenvalue weighted by molar-refractivity contribution is 6.31. The van der Waals surface area contributed by atoms with Crippen LogP contribution < -0.4 is 14.8 Å². The average Bonchev–Trinajstić information content (AvgIpc) is 3.00. The minimum absolute atomic E-state index is 0.205. The van der Waals surface area contributed by atoms with E-state index >= 15 is 0 Å². The summed E-state index contributed by atoms with van der Waals surface area (Å²) in [6.45, 7) is 5.18. The zero-order valence-electron chi connectivity index (χ0n) is 17.4. The summed E-state index contributed by atoms with van der Waals surface area (Å²) in [7, 11) is 1.55. The van der Waals surface area contributed by atoms with Gasteiger partial charge in [0.05, 0.1) is 40.2 Å². The molecule has 31 heavy (non-hydrogen) atoms. The maximum absolute atomic E-state index is 12.8. The second-order valence-corrected chi connectivity index (χ2v) is 7.22. The summed E-state index contributed by atoms with van der Waals surface area (Å²) in [5, 5.41) is 18.8. The Labute approximate surface area is 183 Å². The lowest BCUT2D eigenvalue weighted by Gasteiger charge is -2.15. The second-order valence-electron chi connectivity index (χ2n) is 6.84. The van der Waals surface area contributed by atoms with Gasteiger partial charge in [-0.1, -0.05) is 11.6 Å². The van der Waals surface area contributed by atoms with Gasteiger partial charge in [0.2, 0.25) is 5.91 Å². The minimum Gasteiger partial charge on any atom is -0.497 e. The molecule has 0 aliphatic carbocycles. The first-order valence-electron chi connectivity index (χ1n) is 9.33. The Kier molecular flexibility index (Phi) is 6.45. The van der Waals surface area contributed by atoms with Crippen molar-refractivity contribution < 1.29 is 19.2 Å². The molecule has 0 saturated carbocycles. The monoisotopic (exact) mass is 444 g/mol. The number of amides is 1. The molecule has 0 radical (unpaired) electrons. The topological polar surface area (TPSA) is 109 Å². The Morgan fingerprint density at radius 2 is 1.81 bits per heavy atom. The molecule has 0 bridgehead atoms. The highest BCUT2D eigenvalue weighted by atomic mass is 35.5. The van der Waals surface area contributed by atoms with E-state index in [2.05, 4.69) is 10.4 Å². The van der Waals surface area contributed by atoms with E-state index in [1.807, 2.05) is 0 Å². The van der Waals surface area contributed by atoms with E-state index in [4.69, 9.17) is 21.1 Å². The first-order chi connectivity index (χ1) is 14.7. The number of ether oxygens (including phenoxy) is 2. The molecule has 162 valence electrons. The average molecular weight is 445 g/mol. The number of nitro benzene ring substituents is 1. The third-order valence-corrected chi connectivity index (χ3v) is 5.19. The van der Waals surface area contributed by atoms with E-state index in [0.29, 0.717) is 27.9 Å². The van der Waals surface area contributed by atoms with Gasteiger partial charge in [-0.15, -0.1) is 0 Å². The zero-order valence-corrected chi connectivity index (χ0v) is 18.1. The van der Waals surface area contributed by atoms with Crippen LogP contribution in [0.25, 0.3) is 0 Å². The van der Waals surface area contributed by atoms with Crippen molar-refractivity contribution in [2.75, 3.05) is 12.4 Å². The largest absolute Gasteiger partial charge is 0.497 e. The first kappa shape index (κ1) is 22.1. The number of aromatic nitrogens is 2. The van der Waals surface area contributed by atoms with E-state index in [1.54, 1.807) is 52.1 Å². The molecule has 1 atom stereocenters. The Balaban J connectivity index is 1.84. The summed E-state index contributed by atoms with van der Waals surface area (Å²) in [6.07, 6.45) is 0. The van der Waals surface area contributed by atoms with Crippen molar-refractivity contribution in [3.8, 4) is 17.2 Å². The van der Waals surface area contributed by atoms with Crippen LogP contribution in [0.1, 0.15) is 24.4 Å². The number of nitrogens with zero attached hydrogens (tertiary/aromatic N) is 3. The zero-order chi connectivity index (χ0) is 22.7. The molecule has 9 nitrogen and oxygen atoms in total. The van der Waals surface area contributed by atoms with E-state index < -0.39 is 16.9 Å². The molecule has 10 heteroatoms. The molecule has 0 aliphatic rings. The van der Waals surface area contributed by atoms with Crippen LogP contribution in [0.15, 0.2) is 42.5 Å². The number of carbonyl (C=O) groups is 1. The number of benzene rings is 2. The van der Waals surface area contributed by atoms with Crippen LogP contribution in [-0.2, 0) is 4.79 Å². The lowest BCUT2D eigenvalue weighted by atomic mass is 10.2. The van der Waals surface area contributed by atoms with Gasteiger partial charge in [0, 0.05) is 12.1 Å². The summed E-state index contributed by atoms with van der Waals surface area (Å²) in [6, 6.07) is 10.1. The van der Waals surface area contributed by atoms with Crippen molar-refractivity contribution in [1.29, 1.82) is 0 Å². The molecule has 1 amide bonds. The van der Waals surface area contributed by atoms with E-state index in [9.17, 15) is 14.9 Å². The quantitative estimate of drug-likeness (QED) is 0.403. The molecule has 0 saturated heterocycles. The summed E-state index contributed by atoms with van der Waals surface area (Å²) < 4.78 is 12.3. The molecule has 1 aromatic heterocycles. The maximum atomic E-state index is 12.8. The number of halogens is 1. The predicted molar refractivity (Wildman–Crippen MR) is 116 cm³/mol. The number of aryl methyl sites for hydroxylation is 1. The van der Waals surface area contributed by atoms with Crippen LogP contribution in [0.5, 0.6) is 17.2 Å². The van der Waals surface area contributed by atoms with Crippen molar-refractivity contribution in [2.24, 2.45) is 0 Å². The van der Waals surface area contributed by atoms with Crippen LogP contribution in [-0.4, -0.2) is 27.7 Å². The molecule has 2 aromatic carbocycles. The molecule has 0 aliphatic heterocycles. The molecule has 0 unspecified atom stereocenters. The molecular weight excluding hydrogens is 424 g/mol. The summed E-state index contributed by atoms with van der Waals surface area (Å²) in [4.78, 5) is 23.6. The third-order valence-electron chi connectivity index (χ3n) is 4.65. The van der Waals surface area contributed by atoms with Gasteiger partial charge in [-0.2, -0.15) is 5.10 Å². The number of carbonyl (C=O) groups excluding carboxylic acids is 1. The Morgan fingerprint density at radius 1 is 1.16 bits per heavy atom. The number of nitrogens with one attached hydrogen (secondary N) is 1. The Hall–Kier alpha value is -3.59. The summed E-state index contributed by atoms with van der Waals surface area (Å²) in [5.74, 6) is 0.913. The molecule has 1 heterocycles. The SMILES string of the molecule is COc1ccc(Oc2cc(NC(=O)[C@H](C)n3nc(C)c(Cl)c3C)cc([N+](=O)[O-])c2)cc1. The van der Waals surface area contributed by atoms with Crippen LogP contribution in [0, 0.1) is 24.0 Å². The molecule has 3 rings (SSSR count). The normalized spacial score (nSPS) is 11.6. The van der Waals surface area contributed by atoms with Gasteiger partial charge in [0.15, 0.2) is 0 Å². The fourth-order valence-electron chi connectivity index (χ4n) is 2.98. The van der Waals surface area contributed by atoms with E-state index in [0.717, 1.165) is 0 Å². The molecule has 1 N–H and O–H groups in total. The van der Waals surface area contributed by atoms with E-state index in [1.165, 1.54) is 22.9 Å². The number of hydrogen-bond acceptors (Lipinski definition) is 6. The maximum Gasteiger partial charge on any atom is 0.275 e. The minimum atomic E-state index is -0.684. The van der Waals surface area contributed by atoms with Crippen LogP contribution >= 0.6 is 11.6 Å². The molecule has 3 aromatic rings. The Bertz CT molecular complexity index is 1130. The van der Waals surface area contributed by atoms with Gasteiger partial charge in [0.25, 0.3) is 5.69 Å². The number of non-ortho nitro benzene ring substituents is 1. The van der Waals surface area contributed by atoms with Crippen molar-refractivity contribution >= 4 is 28.9 Å². The molecule has 0 spiro atoms. The van der Waals surface area contributed by atoms with Gasteiger partial charge in [0.1, 0.15) is 23.3 Å². The highest BCUT2D eigenvalue weighted by Crippen LogP contribution is 2.31. The van der Waals surface area contributed by atoms with Crippen molar-refractivity contribution in [2.45, 2.75) is 26.8 Å². The van der Waals surface area contributed by atoms with Gasteiger partial charge in [-0.25, -0.2) is 0 Å². The van der Waals surface area contributed by atoms with Gasteiger partial charge in [-0.3, -0.25) is 19.6 Å². The number of anilines is 1. The van der Waals surface area contributed by atoms with E-state index in [-0.39, 0.29) is 17.1 Å². The number of rotatable bonds is 7. The summed E-state index contributed by atoms with van der Waals surface area (Å²) >= 11 is 6.17. The van der Waals surface area contributed by atoms with Crippen molar-refractivity contribution in [3.63, 3.8) is 0 Å². The number of methoxy groups -OCH3 is 1. The fraction of sp³-hybridized carbons (Fsp3) is 0.238. The fourth-order valence-corrected chi connectivity index (χ4v) is 3.10. The van der Waals surface area contributed by atoms with Crippen LogP contribution in [0.3, 0.4) is 0 Å². The molecule has 0 fully saturated rings. The second kappa shape index (κ2) is 9.05. The van der Waals surface area contributed by atoms with Gasteiger partial charge in [-0.05, 0) is 45.0 Å². The number of hydrogen-bond donors (Lipinski definition) is 1. The Morgan fingerprint density at radius 3 is 2.35 bits per heavy atom. The smallest absolute Gasteiger partial charge is 0.275 e. The van der Waals surface area contributed by atoms with Crippen molar-refractivity contribution in [3.05, 3.63) is 69.0 Å². The van der Waals surface area contributed by atoms with Gasteiger partial charge < -0.3 is 14.8 Å². The summed E-state index contributed by atoms with van der Waals surface area (Å²) in [5.41, 5.74) is 1.28. The number of nitro groups is 1. The van der Waals surface area contributed by atoms with Crippen LogP contribution in [0.4, 0.5) is 11.4 Å². The molecular formula is C21H21ClN4O5. The first-order valence-corrected chi connectivity index (χ1v) is 9.71. The highest BCUT2D eigenvalue weighted by Gasteiger charge is 2.22.